The van der Waals surface area contributed by atoms with E-state index < -0.39 is 17.4 Å². The van der Waals surface area contributed by atoms with E-state index in [4.69, 9.17) is 14.6 Å². The highest BCUT2D eigenvalue weighted by Crippen LogP contribution is 2.18. The third-order valence-corrected chi connectivity index (χ3v) is 3.19. The average Bonchev–Trinajstić information content (AvgIpc) is 2.46. The standard InChI is InChI=1S/C14H20N2O5/c1-14(2,13(18)19)16(3)12(17)10-5-6-15-11(9-10)21-8-7-20-4/h5-6,9H,7-8H2,1-4H3,(H,18,19). The van der Waals surface area contributed by atoms with Crippen molar-refractivity contribution in [1.29, 1.82) is 0 Å². The lowest BCUT2D eigenvalue weighted by atomic mass is 10.0. The molecular formula is C14H20N2O5. The van der Waals surface area contributed by atoms with Crippen molar-refractivity contribution in [2.75, 3.05) is 27.4 Å². The highest BCUT2D eigenvalue weighted by atomic mass is 16.5. The van der Waals surface area contributed by atoms with Crippen LogP contribution in [0.2, 0.25) is 0 Å². The van der Waals surface area contributed by atoms with Crippen LogP contribution >= 0.6 is 0 Å². The van der Waals surface area contributed by atoms with E-state index in [9.17, 15) is 9.59 Å². The molecule has 1 heterocycles. The summed E-state index contributed by atoms with van der Waals surface area (Å²) in [5, 5.41) is 9.16. The Labute approximate surface area is 123 Å². The molecule has 0 spiro atoms. The summed E-state index contributed by atoms with van der Waals surface area (Å²) in [6.45, 7) is 3.65. The van der Waals surface area contributed by atoms with Crippen molar-refractivity contribution < 1.29 is 24.2 Å². The number of carbonyl (C=O) groups is 2. The van der Waals surface area contributed by atoms with Gasteiger partial charge in [-0.25, -0.2) is 9.78 Å². The van der Waals surface area contributed by atoms with Crippen LogP contribution in [0, 0.1) is 0 Å². The first kappa shape index (κ1) is 16.9. The second-order valence-corrected chi connectivity index (χ2v) is 4.95. The average molecular weight is 296 g/mol. The third-order valence-electron chi connectivity index (χ3n) is 3.19. The maximum atomic E-state index is 12.3. The molecule has 0 bridgehead atoms. The zero-order valence-electron chi connectivity index (χ0n) is 12.6. The molecule has 0 aliphatic carbocycles. The molecule has 0 radical (unpaired) electrons. The highest BCUT2D eigenvalue weighted by Gasteiger charge is 2.35. The zero-order valence-corrected chi connectivity index (χ0v) is 12.6. The van der Waals surface area contributed by atoms with Crippen LogP contribution in [-0.2, 0) is 9.53 Å². The van der Waals surface area contributed by atoms with Crippen LogP contribution in [0.3, 0.4) is 0 Å². The normalized spacial score (nSPS) is 11.0. The first-order valence-corrected chi connectivity index (χ1v) is 6.40. The van der Waals surface area contributed by atoms with Crippen molar-refractivity contribution in [1.82, 2.24) is 9.88 Å². The van der Waals surface area contributed by atoms with Crippen molar-refractivity contribution in [2.45, 2.75) is 19.4 Å². The number of hydrogen-bond acceptors (Lipinski definition) is 5. The molecule has 0 aromatic carbocycles. The molecule has 0 aliphatic rings. The summed E-state index contributed by atoms with van der Waals surface area (Å²) in [5.74, 6) is -1.20. The lowest BCUT2D eigenvalue weighted by molar-refractivity contribution is -0.147. The van der Waals surface area contributed by atoms with E-state index in [1.54, 1.807) is 7.11 Å². The second-order valence-electron chi connectivity index (χ2n) is 4.95. The predicted octanol–water partition coefficient (Wildman–Crippen LogP) is 1.04. The highest BCUT2D eigenvalue weighted by molar-refractivity contribution is 5.97. The minimum atomic E-state index is -1.31. The van der Waals surface area contributed by atoms with E-state index >= 15 is 0 Å². The minimum absolute atomic E-state index is 0.291. The van der Waals surface area contributed by atoms with Gasteiger partial charge in [-0.05, 0) is 19.9 Å². The SMILES string of the molecule is COCCOc1cc(C(=O)N(C)C(C)(C)C(=O)O)ccn1. The Kier molecular flexibility index (Phi) is 5.66. The molecule has 1 aromatic heterocycles. The lowest BCUT2D eigenvalue weighted by Crippen LogP contribution is -2.50. The van der Waals surface area contributed by atoms with Crippen molar-refractivity contribution in [2.24, 2.45) is 0 Å². The van der Waals surface area contributed by atoms with E-state index in [-0.39, 0.29) is 0 Å². The number of methoxy groups -OCH3 is 1. The van der Waals surface area contributed by atoms with Crippen LogP contribution in [0.1, 0.15) is 24.2 Å². The number of carbonyl (C=O) groups excluding carboxylic acids is 1. The maximum Gasteiger partial charge on any atom is 0.329 e. The molecule has 0 saturated carbocycles. The number of rotatable bonds is 7. The van der Waals surface area contributed by atoms with Gasteiger partial charge in [0.05, 0.1) is 6.61 Å². The Hall–Kier alpha value is -2.15. The first-order valence-electron chi connectivity index (χ1n) is 6.40. The summed E-state index contributed by atoms with van der Waals surface area (Å²) in [4.78, 5) is 28.7. The molecular weight excluding hydrogens is 276 g/mol. The maximum absolute atomic E-state index is 12.3. The molecule has 0 fully saturated rings. The summed E-state index contributed by atoms with van der Waals surface area (Å²) in [6.07, 6.45) is 1.44. The van der Waals surface area contributed by atoms with Crippen molar-refractivity contribution in [3.63, 3.8) is 0 Å². The summed E-state index contributed by atoms with van der Waals surface area (Å²) in [6, 6.07) is 2.99. The van der Waals surface area contributed by atoms with Crippen LogP contribution in [-0.4, -0.2) is 59.8 Å². The Morgan fingerprint density at radius 2 is 2.05 bits per heavy atom. The molecule has 116 valence electrons. The van der Waals surface area contributed by atoms with Crippen molar-refractivity contribution in [3.8, 4) is 5.88 Å². The summed E-state index contributed by atoms with van der Waals surface area (Å²) in [5.41, 5.74) is -0.994. The minimum Gasteiger partial charge on any atom is -0.480 e. The van der Waals surface area contributed by atoms with E-state index in [1.165, 1.54) is 44.1 Å². The van der Waals surface area contributed by atoms with Gasteiger partial charge in [0.1, 0.15) is 12.1 Å². The van der Waals surface area contributed by atoms with Crippen molar-refractivity contribution >= 4 is 11.9 Å². The molecule has 7 nitrogen and oxygen atoms in total. The van der Waals surface area contributed by atoms with Gasteiger partial charge in [0.2, 0.25) is 5.88 Å². The number of aliphatic carboxylic acids is 1. The number of hydrogen-bond donors (Lipinski definition) is 1. The van der Waals surface area contributed by atoms with Crippen LogP contribution < -0.4 is 4.74 Å². The molecule has 7 heteroatoms. The van der Waals surface area contributed by atoms with Gasteiger partial charge >= 0.3 is 5.97 Å². The fourth-order valence-corrected chi connectivity index (χ4v) is 1.44. The summed E-state index contributed by atoms with van der Waals surface area (Å²) >= 11 is 0. The lowest BCUT2D eigenvalue weighted by Gasteiger charge is -2.31. The van der Waals surface area contributed by atoms with Gasteiger partial charge in [0, 0.05) is 32.0 Å². The van der Waals surface area contributed by atoms with Crippen LogP contribution in [0.5, 0.6) is 5.88 Å². The molecule has 21 heavy (non-hydrogen) atoms. The molecule has 0 saturated heterocycles. The van der Waals surface area contributed by atoms with Crippen LogP contribution in [0.4, 0.5) is 0 Å². The molecule has 1 amide bonds. The third kappa shape index (κ3) is 4.16. The monoisotopic (exact) mass is 296 g/mol. The van der Waals surface area contributed by atoms with Gasteiger partial charge in [-0.1, -0.05) is 0 Å². The number of pyridine rings is 1. The molecule has 1 aromatic rings. The smallest absolute Gasteiger partial charge is 0.329 e. The number of amides is 1. The second kappa shape index (κ2) is 7.03. The fourth-order valence-electron chi connectivity index (χ4n) is 1.44. The number of aromatic nitrogens is 1. The van der Waals surface area contributed by atoms with E-state index in [2.05, 4.69) is 4.98 Å². The van der Waals surface area contributed by atoms with E-state index in [0.29, 0.717) is 24.7 Å². The quantitative estimate of drug-likeness (QED) is 0.756. The molecule has 0 atom stereocenters. The van der Waals surface area contributed by atoms with E-state index in [0.717, 1.165) is 0 Å². The van der Waals surface area contributed by atoms with E-state index in [1.807, 2.05) is 0 Å². The Morgan fingerprint density at radius 1 is 1.38 bits per heavy atom. The van der Waals surface area contributed by atoms with Gasteiger partial charge < -0.3 is 19.5 Å². The van der Waals surface area contributed by atoms with Gasteiger partial charge in [0.25, 0.3) is 5.91 Å². The Bertz CT molecular complexity index is 516. The van der Waals surface area contributed by atoms with Crippen LogP contribution in [0.15, 0.2) is 18.3 Å². The number of likely N-dealkylation sites (N-methyl/N-ethyl adjacent to an activating group) is 1. The molecule has 1 rings (SSSR count). The zero-order chi connectivity index (χ0) is 16.0. The van der Waals surface area contributed by atoms with Gasteiger partial charge in [-0.15, -0.1) is 0 Å². The largest absolute Gasteiger partial charge is 0.480 e. The van der Waals surface area contributed by atoms with Gasteiger partial charge in [-0.3, -0.25) is 4.79 Å². The van der Waals surface area contributed by atoms with Crippen molar-refractivity contribution in [3.05, 3.63) is 23.9 Å². The van der Waals surface area contributed by atoms with Gasteiger partial charge in [-0.2, -0.15) is 0 Å². The number of nitrogens with zero attached hydrogens (tertiary/aromatic N) is 2. The van der Waals surface area contributed by atoms with Gasteiger partial charge in [0.15, 0.2) is 0 Å². The first-order chi connectivity index (χ1) is 9.80. The molecule has 0 unspecified atom stereocenters. The summed E-state index contributed by atoms with van der Waals surface area (Å²) in [7, 11) is 3.00. The number of carboxylic acids is 1. The predicted molar refractivity (Wildman–Crippen MR) is 75.4 cm³/mol. The van der Waals surface area contributed by atoms with Crippen LogP contribution in [0.25, 0.3) is 0 Å². The number of carboxylic acid groups (broad SMARTS) is 1. The topological polar surface area (TPSA) is 89.0 Å². The Balaban J connectivity index is 2.87. The fraction of sp³-hybridized carbons (Fsp3) is 0.500. The molecule has 0 aliphatic heterocycles. The summed E-state index contributed by atoms with van der Waals surface area (Å²) < 4.78 is 10.2. The molecule has 1 N–H and O–H groups in total. The Morgan fingerprint density at radius 3 is 2.62 bits per heavy atom. The number of ether oxygens (including phenoxy) is 2.